The summed E-state index contributed by atoms with van der Waals surface area (Å²) >= 11 is 0. The molecule has 5 nitrogen and oxygen atoms in total. The van der Waals surface area contributed by atoms with Crippen LogP contribution in [0.1, 0.15) is 39.0 Å². The molecule has 0 aromatic rings. The van der Waals surface area contributed by atoms with E-state index in [-0.39, 0.29) is 12.3 Å². The van der Waals surface area contributed by atoms with Gasteiger partial charge in [-0.1, -0.05) is 6.92 Å². The first-order valence-corrected chi connectivity index (χ1v) is 6.19. The third-order valence-electron chi connectivity index (χ3n) is 2.64. The minimum atomic E-state index is -0.757. The van der Waals surface area contributed by atoms with Crippen LogP contribution in [-0.4, -0.2) is 37.1 Å². The number of carboxylic acids is 1. The standard InChI is InChI=1S/C12H24N2O3/c1-10(5-6-12(16)17)7-9-14-11(15)4-3-8-13-2/h10,13H,3-9H2,1-2H3,(H,14,15)(H,16,17). The number of rotatable bonds is 10. The lowest BCUT2D eigenvalue weighted by atomic mass is 10.0. The summed E-state index contributed by atoms with van der Waals surface area (Å²) in [5.41, 5.74) is 0. The monoisotopic (exact) mass is 244 g/mol. The van der Waals surface area contributed by atoms with Gasteiger partial charge < -0.3 is 15.7 Å². The van der Waals surface area contributed by atoms with Crippen molar-refractivity contribution in [3.63, 3.8) is 0 Å². The number of nitrogens with one attached hydrogen (secondary N) is 2. The van der Waals surface area contributed by atoms with Crippen LogP contribution in [0.25, 0.3) is 0 Å². The second-order valence-electron chi connectivity index (χ2n) is 4.38. The maximum atomic E-state index is 11.3. The molecule has 1 amide bonds. The van der Waals surface area contributed by atoms with E-state index in [0.29, 0.717) is 25.3 Å². The Morgan fingerprint density at radius 2 is 1.88 bits per heavy atom. The Kier molecular flexibility index (Phi) is 9.43. The fourth-order valence-electron chi connectivity index (χ4n) is 1.49. The number of hydrogen-bond donors (Lipinski definition) is 3. The van der Waals surface area contributed by atoms with Gasteiger partial charge in [-0.3, -0.25) is 9.59 Å². The lowest BCUT2D eigenvalue weighted by molar-refractivity contribution is -0.137. The van der Waals surface area contributed by atoms with E-state index >= 15 is 0 Å². The summed E-state index contributed by atoms with van der Waals surface area (Å²) in [4.78, 5) is 21.7. The van der Waals surface area contributed by atoms with Gasteiger partial charge in [0, 0.05) is 19.4 Å². The van der Waals surface area contributed by atoms with Gasteiger partial charge in [0.25, 0.3) is 0 Å². The van der Waals surface area contributed by atoms with E-state index < -0.39 is 5.97 Å². The maximum absolute atomic E-state index is 11.3. The largest absolute Gasteiger partial charge is 0.481 e. The number of carbonyl (C=O) groups is 2. The van der Waals surface area contributed by atoms with Gasteiger partial charge in [-0.2, -0.15) is 0 Å². The van der Waals surface area contributed by atoms with Crippen molar-refractivity contribution in [2.45, 2.75) is 39.0 Å². The molecule has 1 atom stereocenters. The highest BCUT2D eigenvalue weighted by Crippen LogP contribution is 2.09. The van der Waals surface area contributed by atoms with Crippen molar-refractivity contribution in [1.29, 1.82) is 0 Å². The Morgan fingerprint density at radius 1 is 1.18 bits per heavy atom. The van der Waals surface area contributed by atoms with Crippen LogP contribution in [0.3, 0.4) is 0 Å². The Balaban J connectivity index is 3.42. The van der Waals surface area contributed by atoms with E-state index in [1.54, 1.807) is 0 Å². The van der Waals surface area contributed by atoms with Gasteiger partial charge in [0.05, 0.1) is 0 Å². The summed E-state index contributed by atoms with van der Waals surface area (Å²) < 4.78 is 0. The second kappa shape index (κ2) is 10.1. The van der Waals surface area contributed by atoms with Crippen LogP contribution in [0, 0.1) is 5.92 Å². The van der Waals surface area contributed by atoms with Gasteiger partial charge in [-0.05, 0) is 38.8 Å². The summed E-state index contributed by atoms with van der Waals surface area (Å²) in [6.07, 6.45) is 3.11. The van der Waals surface area contributed by atoms with Crippen molar-refractivity contribution in [3.05, 3.63) is 0 Å². The van der Waals surface area contributed by atoms with Crippen LogP contribution < -0.4 is 10.6 Å². The van der Waals surface area contributed by atoms with Crippen LogP contribution in [0.4, 0.5) is 0 Å². The van der Waals surface area contributed by atoms with Crippen LogP contribution in [0.15, 0.2) is 0 Å². The van der Waals surface area contributed by atoms with Crippen molar-refractivity contribution in [3.8, 4) is 0 Å². The van der Waals surface area contributed by atoms with Gasteiger partial charge in [0.2, 0.25) is 5.91 Å². The van der Waals surface area contributed by atoms with E-state index in [0.717, 1.165) is 19.4 Å². The Bertz CT molecular complexity index is 232. The molecule has 17 heavy (non-hydrogen) atoms. The number of carbonyl (C=O) groups excluding carboxylic acids is 1. The molecule has 0 aliphatic carbocycles. The summed E-state index contributed by atoms with van der Waals surface area (Å²) in [6.45, 7) is 3.50. The van der Waals surface area contributed by atoms with Gasteiger partial charge in [-0.15, -0.1) is 0 Å². The van der Waals surface area contributed by atoms with Crippen LogP contribution >= 0.6 is 0 Å². The third-order valence-corrected chi connectivity index (χ3v) is 2.64. The molecule has 0 heterocycles. The molecule has 5 heteroatoms. The Hall–Kier alpha value is -1.10. The molecule has 0 fully saturated rings. The molecule has 0 aromatic carbocycles. The SMILES string of the molecule is CNCCCC(=O)NCCC(C)CCC(=O)O. The zero-order valence-corrected chi connectivity index (χ0v) is 10.8. The Morgan fingerprint density at radius 3 is 2.47 bits per heavy atom. The molecule has 0 radical (unpaired) electrons. The number of hydrogen-bond acceptors (Lipinski definition) is 3. The highest BCUT2D eigenvalue weighted by Gasteiger charge is 2.06. The first kappa shape index (κ1) is 15.9. The summed E-state index contributed by atoms with van der Waals surface area (Å²) in [5.74, 6) is -0.345. The van der Waals surface area contributed by atoms with Crippen LogP contribution in [0.5, 0.6) is 0 Å². The quantitative estimate of drug-likeness (QED) is 0.501. The number of carboxylic acid groups (broad SMARTS) is 1. The van der Waals surface area contributed by atoms with Gasteiger partial charge in [0.1, 0.15) is 0 Å². The average Bonchev–Trinajstić information content (AvgIpc) is 2.27. The first-order chi connectivity index (χ1) is 8.06. The van der Waals surface area contributed by atoms with Crippen LogP contribution in [0.2, 0.25) is 0 Å². The molecule has 0 rings (SSSR count). The maximum Gasteiger partial charge on any atom is 0.303 e. The van der Waals surface area contributed by atoms with Crippen molar-refractivity contribution < 1.29 is 14.7 Å². The van der Waals surface area contributed by atoms with Gasteiger partial charge in [0.15, 0.2) is 0 Å². The zero-order chi connectivity index (χ0) is 13.1. The van der Waals surface area contributed by atoms with Crippen molar-refractivity contribution >= 4 is 11.9 Å². The minimum absolute atomic E-state index is 0.0747. The summed E-state index contributed by atoms with van der Waals surface area (Å²) in [7, 11) is 1.86. The zero-order valence-electron chi connectivity index (χ0n) is 10.8. The molecule has 0 spiro atoms. The fraction of sp³-hybridized carbons (Fsp3) is 0.833. The normalized spacial score (nSPS) is 12.1. The fourth-order valence-corrected chi connectivity index (χ4v) is 1.49. The topological polar surface area (TPSA) is 78.4 Å². The Labute approximate surface area is 103 Å². The molecule has 0 aliphatic rings. The molecule has 0 saturated heterocycles. The summed E-state index contributed by atoms with van der Waals surface area (Å²) in [5, 5.41) is 14.4. The van der Waals surface area contributed by atoms with Crippen LogP contribution in [-0.2, 0) is 9.59 Å². The van der Waals surface area contributed by atoms with E-state index in [1.807, 2.05) is 14.0 Å². The highest BCUT2D eigenvalue weighted by molar-refractivity contribution is 5.75. The summed E-state index contributed by atoms with van der Waals surface area (Å²) in [6, 6.07) is 0. The molecule has 100 valence electrons. The molecule has 0 saturated carbocycles. The molecule has 0 aliphatic heterocycles. The van der Waals surface area contributed by atoms with E-state index in [1.165, 1.54) is 0 Å². The third kappa shape index (κ3) is 11.2. The molecule has 0 aromatic heterocycles. The molecule has 0 bridgehead atoms. The predicted molar refractivity (Wildman–Crippen MR) is 66.8 cm³/mol. The lowest BCUT2D eigenvalue weighted by Gasteiger charge is -2.10. The van der Waals surface area contributed by atoms with E-state index in [4.69, 9.17) is 5.11 Å². The smallest absolute Gasteiger partial charge is 0.303 e. The average molecular weight is 244 g/mol. The number of aliphatic carboxylic acids is 1. The molecule has 3 N–H and O–H groups in total. The molecular weight excluding hydrogens is 220 g/mol. The van der Waals surface area contributed by atoms with Crippen molar-refractivity contribution in [2.75, 3.05) is 20.1 Å². The molecule has 1 unspecified atom stereocenters. The first-order valence-electron chi connectivity index (χ1n) is 6.19. The van der Waals surface area contributed by atoms with E-state index in [2.05, 4.69) is 10.6 Å². The second-order valence-corrected chi connectivity index (χ2v) is 4.38. The minimum Gasteiger partial charge on any atom is -0.481 e. The van der Waals surface area contributed by atoms with Gasteiger partial charge in [-0.25, -0.2) is 0 Å². The predicted octanol–water partition coefficient (Wildman–Crippen LogP) is 0.993. The number of amides is 1. The highest BCUT2D eigenvalue weighted by atomic mass is 16.4. The van der Waals surface area contributed by atoms with Crippen molar-refractivity contribution in [1.82, 2.24) is 10.6 Å². The van der Waals surface area contributed by atoms with Crippen molar-refractivity contribution in [2.24, 2.45) is 5.92 Å². The van der Waals surface area contributed by atoms with Gasteiger partial charge >= 0.3 is 5.97 Å². The lowest BCUT2D eigenvalue weighted by Crippen LogP contribution is -2.26. The van der Waals surface area contributed by atoms with E-state index in [9.17, 15) is 9.59 Å². The molecular formula is C12H24N2O3.